The van der Waals surface area contributed by atoms with E-state index in [-0.39, 0.29) is 17.3 Å². The third kappa shape index (κ3) is 4.15. The highest BCUT2D eigenvalue weighted by molar-refractivity contribution is 7.09. The minimum absolute atomic E-state index is 0.171. The van der Waals surface area contributed by atoms with Crippen LogP contribution >= 0.6 is 11.3 Å². The van der Waals surface area contributed by atoms with Gasteiger partial charge in [0.25, 0.3) is 0 Å². The van der Waals surface area contributed by atoms with E-state index < -0.39 is 5.76 Å². The van der Waals surface area contributed by atoms with Crippen LogP contribution in [0.25, 0.3) is 22.8 Å². The van der Waals surface area contributed by atoms with Gasteiger partial charge in [0.1, 0.15) is 16.3 Å². The van der Waals surface area contributed by atoms with E-state index in [1.807, 2.05) is 6.20 Å². The molecule has 0 spiro atoms. The molecule has 0 saturated heterocycles. The lowest BCUT2D eigenvalue weighted by Gasteiger charge is -2.32. The Labute approximate surface area is 224 Å². The molecule has 4 aromatic rings. The summed E-state index contributed by atoms with van der Waals surface area (Å²) in [4.78, 5) is 34.0. The zero-order valence-corrected chi connectivity index (χ0v) is 22.8. The van der Waals surface area contributed by atoms with Crippen LogP contribution in [0.1, 0.15) is 82.5 Å². The number of aromatic nitrogens is 7. The van der Waals surface area contributed by atoms with E-state index in [2.05, 4.69) is 39.3 Å². The Kier molecular flexibility index (Phi) is 5.86. The number of thiazole rings is 1. The van der Waals surface area contributed by atoms with Crippen LogP contribution in [0.5, 0.6) is 0 Å². The Morgan fingerprint density at radius 2 is 2.00 bits per heavy atom. The largest absolute Gasteiger partial charge is 0.439 e. The lowest BCUT2D eigenvalue weighted by molar-refractivity contribution is 0.264. The van der Waals surface area contributed by atoms with Gasteiger partial charge >= 0.3 is 5.76 Å². The molecule has 3 aliphatic carbocycles. The molecule has 38 heavy (non-hydrogen) atoms. The van der Waals surface area contributed by atoms with Gasteiger partial charge in [-0.1, -0.05) is 31.3 Å². The molecule has 0 aromatic carbocycles. The Bertz CT molecular complexity index is 1490. The number of fused-ring (bicyclic) bond motifs is 1. The van der Waals surface area contributed by atoms with E-state index in [4.69, 9.17) is 24.5 Å². The minimum atomic E-state index is -0.625. The first-order valence-corrected chi connectivity index (χ1v) is 14.9. The van der Waals surface area contributed by atoms with Crippen LogP contribution in [0, 0.1) is 17.8 Å². The van der Waals surface area contributed by atoms with Gasteiger partial charge in [0.15, 0.2) is 11.5 Å². The number of rotatable bonds is 8. The molecule has 3 aliphatic rings. The van der Waals surface area contributed by atoms with Crippen LogP contribution < -0.4 is 11.1 Å². The topological polar surface area (TPSA) is 127 Å². The molecular weight excluding hydrogens is 500 g/mol. The number of nitrogens with one attached hydrogen (secondary N) is 2. The Morgan fingerprint density at radius 1 is 1.18 bits per heavy atom. The molecule has 0 bridgehead atoms. The summed E-state index contributed by atoms with van der Waals surface area (Å²) in [7, 11) is 0. The Morgan fingerprint density at radius 3 is 2.63 bits per heavy atom. The number of aromatic amines is 1. The van der Waals surface area contributed by atoms with Gasteiger partial charge in [-0.2, -0.15) is 0 Å². The molecule has 10 nitrogen and oxygen atoms in total. The number of hydrogen-bond acceptors (Lipinski definition) is 9. The third-order valence-corrected chi connectivity index (χ3v) is 10.0. The van der Waals surface area contributed by atoms with Crippen molar-refractivity contribution in [2.75, 3.05) is 5.32 Å². The van der Waals surface area contributed by atoms with Gasteiger partial charge in [-0.05, 0) is 63.2 Å². The average molecular weight is 535 g/mol. The zero-order chi connectivity index (χ0) is 25.9. The SMILES string of the molecule is CC1CCC(Cn2c(C3(c4nccs4)CC3)nc3nc(-c4noc(=O)[nH]4)nc(N[C@H](C)C4CCC4)c32)CC1. The van der Waals surface area contributed by atoms with Crippen molar-refractivity contribution < 1.29 is 4.52 Å². The van der Waals surface area contributed by atoms with Crippen molar-refractivity contribution in [3.05, 3.63) is 33.0 Å². The lowest BCUT2D eigenvalue weighted by atomic mass is 9.80. The number of nitrogens with zero attached hydrogens (tertiary/aromatic N) is 6. The van der Waals surface area contributed by atoms with E-state index in [0.717, 1.165) is 47.5 Å². The molecule has 11 heteroatoms. The average Bonchev–Trinajstić information content (AvgIpc) is 3.22. The van der Waals surface area contributed by atoms with Crippen LogP contribution in [-0.4, -0.2) is 40.7 Å². The number of hydrogen-bond donors (Lipinski definition) is 2. The van der Waals surface area contributed by atoms with E-state index in [1.165, 1.54) is 44.9 Å². The fourth-order valence-corrected chi connectivity index (χ4v) is 7.17. The second kappa shape index (κ2) is 9.29. The molecule has 4 heterocycles. The fraction of sp³-hybridized carbons (Fsp3) is 0.630. The monoisotopic (exact) mass is 534 g/mol. The predicted octanol–water partition coefficient (Wildman–Crippen LogP) is 5.13. The van der Waals surface area contributed by atoms with E-state index in [9.17, 15) is 4.79 Å². The maximum atomic E-state index is 11.7. The number of anilines is 1. The first-order chi connectivity index (χ1) is 18.5. The van der Waals surface area contributed by atoms with Gasteiger partial charge in [0, 0.05) is 24.2 Å². The quantitative estimate of drug-likeness (QED) is 0.318. The highest BCUT2D eigenvalue weighted by Crippen LogP contribution is 2.54. The third-order valence-electron chi connectivity index (χ3n) is 9.07. The molecule has 0 unspecified atom stereocenters. The summed E-state index contributed by atoms with van der Waals surface area (Å²) >= 11 is 1.71. The van der Waals surface area contributed by atoms with Crippen LogP contribution in [0.15, 0.2) is 20.9 Å². The minimum Gasteiger partial charge on any atom is -0.365 e. The summed E-state index contributed by atoms with van der Waals surface area (Å²) in [5, 5.41) is 10.8. The maximum absolute atomic E-state index is 11.7. The van der Waals surface area contributed by atoms with E-state index in [1.54, 1.807) is 11.3 Å². The highest BCUT2D eigenvalue weighted by Gasteiger charge is 2.52. The van der Waals surface area contributed by atoms with Crippen LogP contribution in [0.2, 0.25) is 0 Å². The lowest BCUT2D eigenvalue weighted by Crippen LogP contribution is -2.31. The molecule has 0 radical (unpaired) electrons. The van der Waals surface area contributed by atoms with Crippen LogP contribution in [-0.2, 0) is 12.0 Å². The van der Waals surface area contributed by atoms with Gasteiger partial charge < -0.3 is 9.88 Å². The Balaban J connectivity index is 1.39. The van der Waals surface area contributed by atoms with Crippen molar-refractivity contribution in [1.82, 2.24) is 34.6 Å². The summed E-state index contributed by atoms with van der Waals surface area (Å²) in [6, 6.07) is 0.266. The zero-order valence-electron chi connectivity index (χ0n) is 21.9. The second-order valence-corrected chi connectivity index (χ2v) is 12.6. The predicted molar refractivity (Wildman–Crippen MR) is 145 cm³/mol. The molecule has 4 aromatic heterocycles. The van der Waals surface area contributed by atoms with Gasteiger partial charge in [-0.3, -0.25) is 9.51 Å². The van der Waals surface area contributed by atoms with Gasteiger partial charge in [0.05, 0.1) is 5.41 Å². The van der Waals surface area contributed by atoms with Crippen molar-refractivity contribution in [2.24, 2.45) is 17.8 Å². The van der Waals surface area contributed by atoms with Crippen molar-refractivity contribution in [3.8, 4) is 11.6 Å². The maximum Gasteiger partial charge on any atom is 0.439 e. The molecule has 7 rings (SSSR count). The van der Waals surface area contributed by atoms with Crippen molar-refractivity contribution in [1.29, 1.82) is 0 Å². The molecule has 1 atom stereocenters. The van der Waals surface area contributed by atoms with Crippen molar-refractivity contribution >= 4 is 28.3 Å². The molecule has 3 saturated carbocycles. The van der Waals surface area contributed by atoms with E-state index >= 15 is 0 Å². The molecular formula is C27H34N8O2S. The first kappa shape index (κ1) is 24.0. The molecule has 200 valence electrons. The van der Waals surface area contributed by atoms with Crippen LogP contribution in [0.4, 0.5) is 5.82 Å². The highest BCUT2D eigenvalue weighted by atomic mass is 32.1. The second-order valence-electron chi connectivity index (χ2n) is 11.7. The Hall–Kier alpha value is -3.08. The molecule has 3 fully saturated rings. The standard InChI is InChI=1S/C27H34N8O2S/c1-15-6-8-17(9-7-15)14-35-19-20(29-16(2)18-4-3-5-18)30-22(23-33-26(36)37-34-23)31-21(19)32-24(35)27(10-11-27)25-28-12-13-38-25/h12-13,15-18H,3-11,14H2,1-2H3,(H,29,30,31)(H,33,34,36)/t15?,16-,17?/m1/s1. The molecule has 2 N–H and O–H groups in total. The van der Waals surface area contributed by atoms with Crippen molar-refractivity contribution in [2.45, 2.75) is 89.6 Å². The number of imidazole rings is 1. The van der Waals surface area contributed by atoms with Gasteiger partial charge in [-0.25, -0.2) is 24.7 Å². The summed E-state index contributed by atoms with van der Waals surface area (Å²) in [5.74, 6) is 3.72. The molecule has 0 aliphatic heterocycles. The van der Waals surface area contributed by atoms with Crippen LogP contribution in [0.3, 0.4) is 0 Å². The molecule has 0 amide bonds. The normalized spacial score (nSPS) is 23.8. The number of H-pyrrole nitrogens is 1. The summed E-state index contributed by atoms with van der Waals surface area (Å²) in [5.41, 5.74) is 1.40. The summed E-state index contributed by atoms with van der Waals surface area (Å²) in [6.45, 7) is 5.50. The fourth-order valence-electron chi connectivity index (χ4n) is 6.27. The summed E-state index contributed by atoms with van der Waals surface area (Å²) in [6.07, 6.45) is 12.7. The smallest absolute Gasteiger partial charge is 0.365 e. The summed E-state index contributed by atoms with van der Waals surface area (Å²) < 4.78 is 7.19. The first-order valence-electron chi connectivity index (χ1n) is 14.0. The van der Waals surface area contributed by atoms with Gasteiger partial charge in [-0.15, -0.1) is 11.3 Å². The van der Waals surface area contributed by atoms with E-state index in [0.29, 0.717) is 23.3 Å². The van der Waals surface area contributed by atoms with Crippen molar-refractivity contribution in [3.63, 3.8) is 0 Å². The van der Waals surface area contributed by atoms with Gasteiger partial charge in [0.2, 0.25) is 11.6 Å².